The molecule has 0 atom stereocenters. The number of pyridine rings is 1. The Morgan fingerprint density at radius 1 is 1.08 bits per heavy atom. The summed E-state index contributed by atoms with van der Waals surface area (Å²) in [6, 6.07) is 7.93. The number of piperidine rings is 1. The van der Waals surface area contributed by atoms with E-state index in [0.717, 1.165) is 4.90 Å². The topological polar surface area (TPSA) is 134 Å². The molecule has 0 unspecified atom stereocenters. The quantitative estimate of drug-likeness (QED) is 0.473. The van der Waals surface area contributed by atoms with Crippen LogP contribution < -0.4 is 14.5 Å². The number of anilines is 3. The van der Waals surface area contributed by atoms with Crippen molar-refractivity contribution in [1.29, 1.82) is 0 Å². The summed E-state index contributed by atoms with van der Waals surface area (Å²) >= 11 is 0. The Kier molecular flexibility index (Phi) is 7.64. The minimum absolute atomic E-state index is 0.00849. The first kappa shape index (κ1) is 27.1. The number of aliphatic hydroxyl groups excluding tert-OH is 1. The summed E-state index contributed by atoms with van der Waals surface area (Å²) < 4.78 is 78.9. The van der Waals surface area contributed by atoms with Gasteiger partial charge in [-0.15, -0.1) is 10.2 Å². The number of sulfonamides is 1. The first-order valence-corrected chi connectivity index (χ1v) is 14.0. The molecule has 1 aromatic carbocycles. The molecule has 3 aliphatic rings. The Hall–Kier alpha value is -3.43. The van der Waals surface area contributed by atoms with Crippen LogP contribution >= 0.6 is 0 Å². The normalized spacial score (nSPS) is 16.8. The summed E-state index contributed by atoms with van der Waals surface area (Å²) in [6.07, 6.45) is -1.97. The van der Waals surface area contributed by atoms with E-state index in [2.05, 4.69) is 24.8 Å². The number of ether oxygens (including phenoxy) is 1. The van der Waals surface area contributed by atoms with Crippen molar-refractivity contribution >= 4 is 27.2 Å². The second-order valence-corrected chi connectivity index (χ2v) is 11.1. The lowest BCUT2D eigenvalue weighted by molar-refractivity contribution is -0.120. The van der Waals surface area contributed by atoms with Gasteiger partial charge in [0.1, 0.15) is 12.4 Å². The Morgan fingerprint density at radius 3 is 2.59 bits per heavy atom. The first-order valence-electron chi connectivity index (χ1n) is 12.3. The highest BCUT2D eigenvalue weighted by atomic mass is 32.2. The van der Waals surface area contributed by atoms with Gasteiger partial charge in [-0.1, -0.05) is 0 Å². The van der Waals surface area contributed by atoms with Crippen molar-refractivity contribution in [2.45, 2.75) is 25.1 Å². The van der Waals surface area contributed by atoms with Gasteiger partial charge in [-0.3, -0.25) is 4.72 Å². The average molecular weight is 569 g/mol. The number of hydrogen-bond acceptors (Lipinski definition) is 10. The number of hydrogen-bond donors (Lipinski definition) is 2. The zero-order chi connectivity index (χ0) is 27.6. The summed E-state index contributed by atoms with van der Waals surface area (Å²) in [5.41, 5.74) is 1.96. The second-order valence-electron chi connectivity index (χ2n) is 9.29. The number of fused-ring (bicyclic) bond motifs is 5. The molecule has 1 fully saturated rings. The van der Waals surface area contributed by atoms with Gasteiger partial charge < -0.3 is 24.1 Å². The predicted octanol–water partition coefficient (Wildman–Crippen LogP) is 2.90. The number of aromatic nitrogens is 3. The van der Waals surface area contributed by atoms with Crippen LogP contribution in [0.15, 0.2) is 40.9 Å². The Morgan fingerprint density at radius 2 is 1.85 bits per heavy atom. The number of benzene rings is 1. The van der Waals surface area contributed by atoms with E-state index < -0.39 is 35.1 Å². The maximum Gasteiger partial charge on any atom is 0.405 e. The number of nitrogens with zero attached hydrogens (tertiary/aromatic N) is 5. The van der Waals surface area contributed by atoms with Gasteiger partial charge in [0.25, 0.3) is 0 Å². The van der Waals surface area contributed by atoms with E-state index >= 15 is 0 Å². The van der Waals surface area contributed by atoms with Crippen LogP contribution in [0, 0.1) is 0 Å². The molecule has 1 saturated heterocycles. The molecule has 2 aromatic heterocycles. The molecular formula is C24H27F3N6O5S. The van der Waals surface area contributed by atoms with Gasteiger partial charge in [0.2, 0.25) is 21.8 Å². The van der Waals surface area contributed by atoms with Crippen LogP contribution in [-0.4, -0.2) is 86.1 Å². The van der Waals surface area contributed by atoms with Crippen LogP contribution in [0.3, 0.4) is 0 Å². The molecule has 5 heterocycles. The molecule has 2 N–H and O–H groups in total. The molecule has 6 bridgehead atoms. The fourth-order valence-corrected chi connectivity index (χ4v) is 5.47. The molecule has 210 valence electrons. The Bertz CT molecular complexity index is 1410. The first-order chi connectivity index (χ1) is 18.6. The molecule has 3 aliphatic heterocycles. The van der Waals surface area contributed by atoms with Crippen LogP contribution in [0.2, 0.25) is 0 Å². The van der Waals surface area contributed by atoms with Crippen molar-refractivity contribution in [1.82, 2.24) is 15.2 Å². The van der Waals surface area contributed by atoms with Gasteiger partial charge in [-0.25, -0.2) is 13.4 Å². The van der Waals surface area contributed by atoms with Crippen LogP contribution in [0.1, 0.15) is 12.8 Å². The number of nitrogens with one attached hydrogen (secondary N) is 1. The van der Waals surface area contributed by atoms with Crippen molar-refractivity contribution in [3.63, 3.8) is 0 Å². The number of aliphatic hydroxyl groups is 1. The molecular weight excluding hydrogens is 541 g/mol. The summed E-state index contributed by atoms with van der Waals surface area (Å²) in [5.74, 6) is -0.0638. The van der Waals surface area contributed by atoms with Crippen molar-refractivity contribution < 1.29 is 35.8 Å². The fraction of sp³-hybridized carbons (Fsp3) is 0.458. The summed E-state index contributed by atoms with van der Waals surface area (Å²) in [4.78, 5) is 7.31. The van der Waals surface area contributed by atoms with Crippen molar-refractivity contribution in [2.24, 2.45) is 0 Å². The van der Waals surface area contributed by atoms with E-state index in [9.17, 15) is 21.6 Å². The minimum atomic E-state index is -4.43. The third-order valence-electron chi connectivity index (χ3n) is 6.47. The highest BCUT2D eigenvalue weighted by molar-refractivity contribution is 7.92. The molecule has 0 aliphatic carbocycles. The smallest absolute Gasteiger partial charge is 0.405 e. The third kappa shape index (κ3) is 6.59. The lowest BCUT2D eigenvalue weighted by Gasteiger charge is -2.35. The average Bonchev–Trinajstić information content (AvgIpc) is 3.37. The summed E-state index contributed by atoms with van der Waals surface area (Å²) in [7, 11) is -3.74. The predicted molar refractivity (Wildman–Crippen MR) is 137 cm³/mol. The SMILES string of the molecule is O=S(=O)(CCO)Nc1ccc2c(c1)N1CCC(CC1)OCCN(CC(F)(F)F)c1cc(ccn1)-c1nnc-2o1. The van der Waals surface area contributed by atoms with Crippen molar-refractivity contribution in [2.75, 3.05) is 59.7 Å². The Labute approximate surface area is 222 Å². The van der Waals surface area contributed by atoms with Gasteiger partial charge in [-0.2, -0.15) is 13.2 Å². The molecule has 3 aromatic rings. The molecule has 6 rings (SSSR count). The molecule has 15 heteroatoms. The summed E-state index contributed by atoms with van der Waals surface area (Å²) in [6.45, 7) is -0.506. The number of halogens is 3. The maximum absolute atomic E-state index is 13.3. The fourth-order valence-electron chi connectivity index (χ4n) is 4.65. The highest BCUT2D eigenvalue weighted by Gasteiger charge is 2.32. The van der Waals surface area contributed by atoms with Crippen molar-refractivity contribution in [3.8, 4) is 22.9 Å². The van der Waals surface area contributed by atoms with E-state index in [4.69, 9.17) is 14.3 Å². The monoisotopic (exact) mass is 568 g/mol. The molecule has 0 amide bonds. The molecule has 0 spiro atoms. The van der Waals surface area contributed by atoms with E-state index in [1.54, 1.807) is 24.3 Å². The van der Waals surface area contributed by atoms with E-state index in [-0.39, 0.29) is 36.9 Å². The van der Waals surface area contributed by atoms with Gasteiger partial charge in [0, 0.05) is 31.4 Å². The molecule has 0 saturated carbocycles. The van der Waals surface area contributed by atoms with Gasteiger partial charge in [0.05, 0.1) is 42.0 Å². The lowest BCUT2D eigenvalue weighted by atomic mass is 10.0. The minimum Gasteiger partial charge on any atom is -0.416 e. The Balaban J connectivity index is 1.55. The largest absolute Gasteiger partial charge is 0.416 e. The second kappa shape index (κ2) is 11.0. The summed E-state index contributed by atoms with van der Waals surface area (Å²) in [5, 5.41) is 17.4. The van der Waals surface area contributed by atoms with E-state index in [0.29, 0.717) is 48.4 Å². The standard InChI is InChI=1S/C24H27F3N6O5S/c25-24(26,27)15-33-9-11-37-18-4-7-32(8-5-18)20-14-17(31-39(35,36)12-10-34)1-2-19(20)23-30-29-22(38-23)16-3-6-28-21(33)13-16/h1-3,6,13-14,18,31,34H,4-5,7-12,15H2. The maximum atomic E-state index is 13.3. The van der Waals surface area contributed by atoms with Crippen molar-refractivity contribution in [3.05, 3.63) is 36.5 Å². The van der Waals surface area contributed by atoms with Crippen LogP contribution in [-0.2, 0) is 14.8 Å². The van der Waals surface area contributed by atoms with Crippen LogP contribution in [0.5, 0.6) is 0 Å². The molecule has 0 radical (unpaired) electrons. The zero-order valence-corrected chi connectivity index (χ0v) is 21.6. The molecule has 11 nitrogen and oxygen atoms in total. The number of rotatable bonds is 5. The van der Waals surface area contributed by atoms with Crippen LogP contribution in [0.25, 0.3) is 22.9 Å². The third-order valence-corrected chi connectivity index (χ3v) is 7.74. The van der Waals surface area contributed by atoms with E-state index in [1.807, 2.05) is 0 Å². The zero-order valence-electron chi connectivity index (χ0n) is 20.8. The van der Waals surface area contributed by atoms with Gasteiger partial charge in [-0.05, 0) is 43.2 Å². The van der Waals surface area contributed by atoms with E-state index in [1.165, 1.54) is 12.3 Å². The number of alkyl halides is 3. The molecule has 39 heavy (non-hydrogen) atoms. The highest BCUT2D eigenvalue weighted by Crippen LogP contribution is 2.36. The van der Waals surface area contributed by atoms with Gasteiger partial charge >= 0.3 is 6.18 Å². The lowest BCUT2D eigenvalue weighted by Crippen LogP contribution is -2.40. The van der Waals surface area contributed by atoms with Gasteiger partial charge in [0.15, 0.2) is 0 Å². The van der Waals surface area contributed by atoms with Crippen LogP contribution in [0.4, 0.5) is 30.4 Å².